The number of hydrogen-bond donors (Lipinski definition) is 2. The third kappa shape index (κ3) is 3.78. The molecule has 2 N–H and O–H groups in total. The molecule has 0 aliphatic carbocycles. The maximum absolute atomic E-state index is 9.05. The third-order valence-corrected chi connectivity index (χ3v) is 3.88. The van der Waals surface area contributed by atoms with Crippen LogP contribution in [0.4, 0.5) is 11.6 Å². The minimum absolute atomic E-state index is 0.0741. The summed E-state index contributed by atoms with van der Waals surface area (Å²) in [4.78, 5) is 11.3. The molecule has 0 spiro atoms. The van der Waals surface area contributed by atoms with Gasteiger partial charge in [0.05, 0.1) is 19.8 Å². The number of aliphatic hydroxyl groups is 1. The predicted molar refractivity (Wildman–Crippen MR) is 90.8 cm³/mol. The van der Waals surface area contributed by atoms with E-state index < -0.39 is 0 Å². The average molecular weight is 314 g/mol. The predicted octanol–water partition coefficient (Wildman–Crippen LogP) is 1.69. The molecule has 3 rings (SSSR count). The molecular weight excluding hydrogens is 292 g/mol. The summed E-state index contributed by atoms with van der Waals surface area (Å²) in [5, 5.41) is 12.2. The molecule has 0 bridgehead atoms. The summed E-state index contributed by atoms with van der Waals surface area (Å²) < 4.78 is 5.42. The van der Waals surface area contributed by atoms with Crippen molar-refractivity contribution in [1.82, 2.24) is 9.97 Å². The zero-order valence-corrected chi connectivity index (χ0v) is 13.3. The second-order valence-corrected chi connectivity index (χ2v) is 5.49. The number of rotatable bonds is 5. The minimum Gasteiger partial charge on any atom is -0.395 e. The van der Waals surface area contributed by atoms with Crippen LogP contribution in [0.25, 0.3) is 11.1 Å². The largest absolute Gasteiger partial charge is 0.395 e. The van der Waals surface area contributed by atoms with Gasteiger partial charge in [0.25, 0.3) is 0 Å². The Labute approximate surface area is 136 Å². The SMILES string of the molecule is Cc1ncccc1-c1cc(NCCO)nc(N2CCOCC2)c1. The first-order chi connectivity index (χ1) is 11.3. The minimum atomic E-state index is 0.0741. The number of nitrogens with zero attached hydrogens (tertiary/aromatic N) is 3. The van der Waals surface area contributed by atoms with Crippen LogP contribution in [-0.2, 0) is 4.74 Å². The number of aryl methyl sites for hydroxylation is 1. The average Bonchev–Trinajstić information content (AvgIpc) is 2.61. The highest BCUT2D eigenvalue weighted by Gasteiger charge is 2.15. The van der Waals surface area contributed by atoms with Gasteiger partial charge in [-0.05, 0) is 30.7 Å². The summed E-state index contributed by atoms with van der Waals surface area (Å²) in [6.45, 7) is 5.67. The van der Waals surface area contributed by atoms with Crippen molar-refractivity contribution in [3.05, 3.63) is 36.2 Å². The van der Waals surface area contributed by atoms with Crippen LogP contribution < -0.4 is 10.2 Å². The van der Waals surface area contributed by atoms with Gasteiger partial charge in [0.15, 0.2) is 0 Å². The number of anilines is 2. The lowest BCUT2D eigenvalue weighted by Crippen LogP contribution is -2.36. The Bertz CT molecular complexity index is 657. The molecule has 0 aromatic carbocycles. The summed E-state index contributed by atoms with van der Waals surface area (Å²) in [6.07, 6.45) is 1.80. The van der Waals surface area contributed by atoms with Crippen LogP contribution in [0, 0.1) is 6.92 Å². The van der Waals surface area contributed by atoms with E-state index >= 15 is 0 Å². The first kappa shape index (κ1) is 15.7. The van der Waals surface area contributed by atoms with Crippen LogP contribution in [0.2, 0.25) is 0 Å². The molecule has 3 heterocycles. The first-order valence-corrected chi connectivity index (χ1v) is 7.89. The molecule has 0 unspecified atom stereocenters. The zero-order valence-electron chi connectivity index (χ0n) is 13.3. The fourth-order valence-electron chi connectivity index (χ4n) is 2.69. The van der Waals surface area contributed by atoms with E-state index in [-0.39, 0.29) is 6.61 Å². The topological polar surface area (TPSA) is 70.5 Å². The Morgan fingerprint density at radius 2 is 2.13 bits per heavy atom. The van der Waals surface area contributed by atoms with Gasteiger partial charge in [0.1, 0.15) is 11.6 Å². The van der Waals surface area contributed by atoms with E-state index in [1.807, 2.05) is 19.1 Å². The van der Waals surface area contributed by atoms with Gasteiger partial charge in [0.2, 0.25) is 0 Å². The third-order valence-electron chi connectivity index (χ3n) is 3.88. The van der Waals surface area contributed by atoms with Gasteiger partial charge in [-0.1, -0.05) is 6.07 Å². The number of pyridine rings is 2. The monoisotopic (exact) mass is 314 g/mol. The van der Waals surface area contributed by atoms with Crippen LogP contribution in [0.5, 0.6) is 0 Å². The highest BCUT2D eigenvalue weighted by Crippen LogP contribution is 2.28. The molecule has 122 valence electrons. The maximum atomic E-state index is 9.05. The van der Waals surface area contributed by atoms with Crippen molar-refractivity contribution in [3.63, 3.8) is 0 Å². The molecule has 6 heteroatoms. The maximum Gasteiger partial charge on any atom is 0.131 e. The number of nitrogens with one attached hydrogen (secondary N) is 1. The molecule has 1 fully saturated rings. The molecule has 1 aliphatic heterocycles. The fraction of sp³-hybridized carbons (Fsp3) is 0.412. The van der Waals surface area contributed by atoms with E-state index in [0.29, 0.717) is 6.54 Å². The van der Waals surface area contributed by atoms with E-state index in [0.717, 1.165) is 54.8 Å². The second-order valence-electron chi connectivity index (χ2n) is 5.49. The standard InChI is InChI=1S/C17H22N4O2/c1-13-15(3-2-4-18-13)14-11-16(19-5-8-22)20-17(12-14)21-6-9-23-10-7-21/h2-4,11-12,22H,5-10H2,1H3,(H,19,20). The van der Waals surface area contributed by atoms with Crippen molar-refractivity contribution < 1.29 is 9.84 Å². The van der Waals surface area contributed by atoms with Crippen molar-refractivity contribution in [3.8, 4) is 11.1 Å². The van der Waals surface area contributed by atoms with Crippen molar-refractivity contribution in [2.24, 2.45) is 0 Å². The van der Waals surface area contributed by atoms with Crippen LogP contribution in [-0.4, -0.2) is 54.5 Å². The number of ether oxygens (including phenoxy) is 1. The first-order valence-electron chi connectivity index (χ1n) is 7.89. The van der Waals surface area contributed by atoms with E-state index in [1.165, 1.54) is 0 Å². The number of morpholine rings is 1. The highest BCUT2D eigenvalue weighted by molar-refractivity contribution is 5.72. The molecule has 2 aromatic rings. The van der Waals surface area contributed by atoms with Crippen molar-refractivity contribution >= 4 is 11.6 Å². The molecule has 23 heavy (non-hydrogen) atoms. The lowest BCUT2D eigenvalue weighted by Gasteiger charge is -2.28. The van der Waals surface area contributed by atoms with Gasteiger partial charge >= 0.3 is 0 Å². The normalized spacial score (nSPS) is 14.8. The summed E-state index contributed by atoms with van der Waals surface area (Å²) in [5.74, 6) is 1.69. The smallest absolute Gasteiger partial charge is 0.131 e. The summed E-state index contributed by atoms with van der Waals surface area (Å²) in [6, 6.07) is 8.11. The summed E-state index contributed by atoms with van der Waals surface area (Å²) in [7, 11) is 0. The molecular formula is C17H22N4O2. The van der Waals surface area contributed by atoms with E-state index in [2.05, 4.69) is 32.3 Å². The lowest BCUT2D eigenvalue weighted by atomic mass is 10.1. The van der Waals surface area contributed by atoms with Gasteiger partial charge in [-0.3, -0.25) is 4.98 Å². The highest BCUT2D eigenvalue weighted by atomic mass is 16.5. The van der Waals surface area contributed by atoms with E-state index in [1.54, 1.807) is 6.20 Å². The van der Waals surface area contributed by atoms with Crippen molar-refractivity contribution in [2.45, 2.75) is 6.92 Å². The Hall–Kier alpha value is -2.18. The summed E-state index contributed by atoms with van der Waals surface area (Å²) >= 11 is 0. The van der Waals surface area contributed by atoms with Crippen LogP contribution in [0.1, 0.15) is 5.69 Å². The molecule has 1 aliphatic rings. The van der Waals surface area contributed by atoms with Gasteiger partial charge in [-0.25, -0.2) is 4.98 Å². The quantitative estimate of drug-likeness (QED) is 0.875. The molecule has 0 atom stereocenters. The zero-order chi connectivity index (χ0) is 16.1. The Kier molecular flexibility index (Phi) is 5.05. The molecule has 0 saturated carbocycles. The van der Waals surface area contributed by atoms with Crippen molar-refractivity contribution in [2.75, 3.05) is 49.7 Å². The van der Waals surface area contributed by atoms with Crippen LogP contribution in [0.15, 0.2) is 30.5 Å². The molecule has 2 aromatic heterocycles. The van der Waals surface area contributed by atoms with Crippen molar-refractivity contribution in [1.29, 1.82) is 0 Å². The fourth-order valence-corrected chi connectivity index (χ4v) is 2.69. The molecule has 6 nitrogen and oxygen atoms in total. The molecule has 1 saturated heterocycles. The second kappa shape index (κ2) is 7.39. The van der Waals surface area contributed by atoms with Gasteiger partial charge < -0.3 is 20.1 Å². The van der Waals surface area contributed by atoms with Gasteiger partial charge in [0, 0.05) is 37.1 Å². The molecule has 0 amide bonds. The van der Waals surface area contributed by atoms with E-state index in [9.17, 15) is 0 Å². The number of aliphatic hydroxyl groups excluding tert-OH is 1. The Balaban J connectivity index is 1.98. The number of hydrogen-bond acceptors (Lipinski definition) is 6. The van der Waals surface area contributed by atoms with Gasteiger partial charge in [-0.15, -0.1) is 0 Å². The van der Waals surface area contributed by atoms with E-state index in [4.69, 9.17) is 9.84 Å². The number of aromatic nitrogens is 2. The van der Waals surface area contributed by atoms with Crippen LogP contribution >= 0.6 is 0 Å². The molecule has 0 radical (unpaired) electrons. The summed E-state index contributed by atoms with van der Waals surface area (Å²) in [5.41, 5.74) is 3.16. The van der Waals surface area contributed by atoms with Gasteiger partial charge in [-0.2, -0.15) is 0 Å². The Morgan fingerprint density at radius 1 is 1.30 bits per heavy atom. The van der Waals surface area contributed by atoms with Crippen LogP contribution in [0.3, 0.4) is 0 Å². The Morgan fingerprint density at radius 3 is 2.87 bits per heavy atom. The lowest BCUT2D eigenvalue weighted by molar-refractivity contribution is 0.122.